The lowest BCUT2D eigenvalue weighted by molar-refractivity contribution is 1.01. The van der Waals surface area contributed by atoms with Gasteiger partial charge in [0.25, 0.3) is 0 Å². The van der Waals surface area contributed by atoms with E-state index in [2.05, 4.69) is 25.1 Å². The second-order valence-electron chi connectivity index (χ2n) is 3.56. The molecule has 0 atom stereocenters. The van der Waals surface area contributed by atoms with E-state index in [1.54, 1.807) is 18.5 Å². The number of nitrogens with one attached hydrogen (secondary N) is 1. The molecular weight excluding hydrogens is 228 g/mol. The van der Waals surface area contributed by atoms with Gasteiger partial charge in [-0.05, 0) is 18.2 Å². The van der Waals surface area contributed by atoms with E-state index in [1.807, 2.05) is 35.0 Å². The van der Waals surface area contributed by atoms with Crippen molar-refractivity contribution in [3.05, 3.63) is 55.4 Å². The quantitative estimate of drug-likeness (QED) is 0.505. The molecule has 6 nitrogen and oxygen atoms in total. The molecule has 0 fully saturated rings. The highest BCUT2D eigenvalue weighted by atomic mass is 15.2. The van der Waals surface area contributed by atoms with E-state index < -0.39 is 0 Å². The van der Waals surface area contributed by atoms with Crippen LogP contribution in [-0.2, 0) is 0 Å². The second-order valence-corrected chi connectivity index (χ2v) is 3.56. The fourth-order valence-electron chi connectivity index (χ4n) is 1.55. The Kier molecular flexibility index (Phi) is 2.67. The van der Waals surface area contributed by atoms with Gasteiger partial charge in [0.2, 0.25) is 0 Å². The van der Waals surface area contributed by atoms with E-state index in [-0.39, 0.29) is 0 Å². The molecule has 0 unspecified atom stereocenters. The van der Waals surface area contributed by atoms with Gasteiger partial charge in [-0.15, -0.1) is 0 Å². The van der Waals surface area contributed by atoms with Crippen molar-refractivity contribution in [1.82, 2.24) is 29.5 Å². The molecular formula is C12H10N6. The normalized spacial score (nSPS) is 10.2. The van der Waals surface area contributed by atoms with Crippen LogP contribution in [0.5, 0.6) is 0 Å². The molecule has 6 heteroatoms. The molecule has 18 heavy (non-hydrogen) atoms. The van der Waals surface area contributed by atoms with Gasteiger partial charge in [-0.1, -0.05) is 6.07 Å². The van der Waals surface area contributed by atoms with E-state index >= 15 is 0 Å². The Bertz CT molecular complexity index is 655. The topological polar surface area (TPSA) is 71.8 Å². The molecule has 88 valence electrons. The number of hydrogen-bond acceptors (Lipinski definition) is 4. The first-order chi connectivity index (χ1) is 8.93. The molecule has 4 heterocycles. The third-order valence-electron chi connectivity index (χ3n) is 2.41. The fourth-order valence-corrected chi connectivity index (χ4v) is 1.55. The zero-order valence-electron chi connectivity index (χ0n) is 9.43. The van der Waals surface area contributed by atoms with Crippen LogP contribution in [0.3, 0.4) is 0 Å². The predicted molar refractivity (Wildman–Crippen MR) is 66.0 cm³/mol. The highest BCUT2D eigenvalue weighted by molar-refractivity contribution is 5.47. The Morgan fingerprint density at radius 1 is 0.944 bits per heavy atom. The van der Waals surface area contributed by atoms with Gasteiger partial charge < -0.3 is 4.40 Å². The van der Waals surface area contributed by atoms with Crippen LogP contribution < -0.4 is 0 Å². The molecule has 0 radical (unpaired) electrons. The van der Waals surface area contributed by atoms with Gasteiger partial charge in [-0.3, -0.25) is 5.10 Å². The standard InChI is InChI=1S/C7H6N2.C5H4N4/c1-2-5-9-6-4-8-7(9)3-1;1-2-8-9-5-4(1)6-3-7-5/h1-6H;1-3H,(H,6,7,9). The maximum atomic E-state index is 4.08. The molecule has 2 aromatic heterocycles. The van der Waals surface area contributed by atoms with Crippen molar-refractivity contribution < 1.29 is 0 Å². The summed E-state index contributed by atoms with van der Waals surface area (Å²) in [7, 11) is 0. The maximum Gasteiger partial charge on any atom is 0.174 e. The van der Waals surface area contributed by atoms with Gasteiger partial charge in [-0.2, -0.15) is 5.10 Å². The average Bonchev–Trinajstić information content (AvgIpc) is 3.08. The van der Waals surface area contributed by atoms with Gasteiger partial charge in [-0.25, -0.2) is 15.0 Å². The number of aromatic amines is 1. The summed E-state index contributed by atoms with van der Waals surface area (Å²) in [5.74, 6) is 0.734. The third kappa shape index (κ3) is 2.03. The molecule has 2 aliphatic heterocycles. The molecule has 0 spiro atoms. The molecule has 0 aromatic carbocycles. The maximum absolute atomic E-state index is 4.08. The largest absolute Gasteiger partial charge is 0.307 e. The van der Waals surface area contributed by atoms with Gasteiger partial charge >= 0.3 is 0 Å². The van der Waals surface area contributed by atoms with Crippen molar-refractivity contribution in [3.8, 4) is 11.5 Å². The van der Waals surface area contributed by atoms with Crippen molar-refractivity contribution in [2.24, 2.45) is 0 Å². The van der Waals surface area contributed by atoms with Gasteiger partial charge in [0.1, 0.15) is 17.7 Å². The SMILES string of the molecule is c1cc2ncnc-2[nH]n1.c1ccn2ccnc2c1. The molecule has 0 amide bonds. The number of nitrogens with zero attached hydrogens (tertiary/aromatic N) is 5. The Labute approximate surface area is 103 Å². The number of rotatable bonds is 0. The van der Waals surface area contributed by atoms with Crippen LogP contribution in [0.25, 0.3) is 17.2 Å². The zero-order valence-corrected chi connectivity index (χ0v) is 9.43. The van der Waals surface area contributed by atoms with Gasteiger partial charge in [0.05, 0.1) is 0 Å². The van der Waals surface area contributed by atoms with E-state index in [1.165, 1.54) is 6.33 Å². The minimum absolute atomic E-state index is 0.734. The molecule has 1 N–H and O–H groups in total. The first kappa shape index (κ1) is 10.4. The summed E-state index contributed by atoms with van der Waals surface area (Å²) in [4.78, 5) is 11.9. The van der Waals surface area contributed by atoms with Crippen LogP contribution in [0, 0.1) is 0 Å². The Balaban J connectivity index is 0.000000111. The van der Waals surface area contributed by atoms with Crippen LogP contribution in [0.15, 0.2) is 55.4 Å². The Morgan fingerprint density at radius 2 is 1.94 bits per heavy atom. The summed E-state index contributed by atoms with van der Waals surface area (Å²) < 4.78 is 1.97. The van der Waals surface area contributed by atoms with E-state index in [0.717, 1.165) is 17.2 Å². The lowest BCUT2D eigenvalue weighted by Gasteiger charge is -1.88. The van der Waals surface area contributed by atoms with Crippen molar-refractivity contribution in [2.45, 2.75) is 0 Å². The second kappa shape index (κ2) is 4.62. The average molecular weight is 238 g/mol. The van der Waals surface area contributed by atoms with Crippen LogP contribution >= 0.6 is 0 Å². The summed E-state index contributed by atoms with van der Waals surface area (Å²) in [5, 5.41) is 6.46. The number of imidazole rings is 2. The molecule has 0 saturated carbocycles. The summed E-state index contributed by atoms with van der Waals surface area (Å²) in [5.41, 5.74) is 1.85. The first-order valence-corrected chi connectivity index (χ1v) is 5.41. The van der Waals surface area contributed by atoms with Gasteiger partial charge in [0, 0.05) is 24.8 Å². The summed E-state index contributed by atoms with van der Waals surface area (Å²) in [6.45, 7) is 0. The third-order valence-corrected chi connectivity index (χ3v) is 2.41. The monoisotopic (exact) mass is 238 g/mol. The number of H-pyrrole nitrogens is 1. The van der Waals surface area contributed by atoms with Crippen molar-refractivity contribution >= 4 is 5.65 Å². The molecule has 0 saturated heterocycles. The smallest absolute Gasteiger partial charge is 0.174 e. The van der Waals surface area contributed by atoms with Crippen molar-refractivity contribution in [2.75, 3.05) is 0 Å². The number of hydrogen-bond donors (Lipinski definition) is 1. The Morgan fingerprint density at radius 3 is 2.83 bits per heavy atom. The van der Waals surface area contributed by atoms with E-state index in [4.69, 9.17) is 0 Å². The minimum atomic E-state index is 0.734. The lowest BCUT2D eigenvalue weighted by Crippen LogP contribution is -1.85. The molecule has 0 bridgehead atoms. The summed E-state index contributed by atoms with van der Waals surface area (Å²) in [6, 6.07) is 7.73. The minimum Gasteiger partial charge on any atom is -0.307 e. The number of pyridine rings is 1. The molecule has 2 aromatic rings. The molecule has 2 aliphatic rings. The first-order valence-electron chi connectivity index (χ1n) is 5.41. The lowest BCUT2D eigenvalue weighted by atomic mass is 10.4. The van der Waals surface area contributed by atoms with Crippen molar-refractivity contribution in [1.29, 1.82) is 0 Å². The summed E-state index contributed by atoms with van der Waals surface area (Å²) in [6.07, 6.45) is 8.84. The van der Waals surface area contributed by atoms with Crippen LogP contribution in [-0.4, -0.2) is 29.5 Å². The molecule has 4 rings (SSSR count). The van der Waals surface area contributed by atoms with Gasteiger partial charge in [0.15, 0.2) is 5.82 Å². The fraction of sp³-hybridized carbons (Fsp3) is 0. The summed E-state index contributed by atoms with van der Waals surface area (Å²) >= 11 is 0. The van der Waals surface area contributed by atoms with E-state index in [0.29, 0.717) is 0 Å². The highest BCUT2D eigenvalue weighted by Crippen LogP contribution is 2.08. The van der Waals surface area contributed by atoms with E-state index in [9.17, 15) is 0 Å². The predicted octanol–water partition coefficient (Wildman–Crippen LogP) is 1.64. The van der Waals surface area contributed by atoms with Crippen LogP contribution in [0.4, 0.5) is 0 Å². The number of aromatic nitrogens is 6. The Hall–Kier alpha value is -2.76. The zero-order chi connectivity index (χ0) is 12.2. The highest BCUT2D eigenvalue weighted by Gasteiger charge is 2.01. The molecule has 0 aliphatic carbocycles. The van der Waals surface area contributed by atoms with Crippen LogP contribution in [0.1, 0.15) is 0 Å². The van der Waals surface area contributed by atoms with Crippen LogP contribution in [0.2, 0.25) is 0 Å². The van der Waals surface area contributed by atoms with Crippen molar-refractivity contribution in [3.63, 3.8) is 0 Å². The number of fused-ring (bicyclic) bond motifs is 2.